The molecule has 1 atom stereocenters. The monoisotopic (exact) mass is 365 g/mol. The molecule has 1 unspecified atom stereocenters. The van der Waals surface area contributed by atoms with Gasteiger partial charge in [-0.15, -0.1) is 0 Å². The van der Waals surface area contributed by atoms with Crippen LogP contribution in [-0.4, -0.2) is 17.0 Å². The summed E-state index contributed by atoms with van der Waals surface area (Å²) in [6, 6.07) is 6.86. The summed E-state index contributed by atoms with van der Waals surface area (Å²) >= 11 is 3.35. The molecule has 118 valence electrons. The number of allylic oxidation sites excluding steroid dienone is 1. The number of carbonyl (C=O) groups excluding carboxylic acids is 1. The second kappa shape index (κ2) is 8.13. The van der Waals surface area contributed by atoms with Crippen LogP contribution in [0.25, 0.3) is 0 Å². The number of aliphatic carboxylic acids is 1. The lowest BCUT2D eigenvalue weighted by molar-refractivity contribution is -0.137. The third-order valence-corrected chi connectivity index (χ3v) is 4.29. The quantitative estimate of drug-likeness (QED) is 0.749. The van der Waals surface area contributed by atoms with Gasteiger partial charge in [0.1, 0.15) is 0 Å². The maximum absolute atomic E-state index is 12.2. The van der Waals surface area contributed by atoms with E-state index >= 15 is 0 Å². The minimum atomic E-state index is -0.926. The van der Waals surface area contributed by atoms with E-state index in [1.807, 2.05) is 24.3 Å². The standard InChI is InChI=1S/C17H20BrNO3/c18-14-8-6-13(7-9-14)15(11-17(21)22)19-16(20)10-12-4-2-1-3-5-12/h4,6-9,15H,1-3,5,10-11H2,(H,19,20)(H,21,22). The molecule has 0 fully saturated rings. The lowest BCUT2D eigenvalue weighted by Crippen LogP contribution is -2.30. The van der Waals surface area contributed by atoms with E-state index in [0.717, 1.165) is 34.9 Å². The van der Waals surface area contributed by atoms with Crippen LogP contribution in [-0.2, 0) is 9.59 Å². The molecule has 2 N–H and O–H groups in total. The number of amides is 1. The molecule has 0 saturated heterocycles. The molecular weight excluding hydrogens is 346 g/mol. The molecule has 0 saturated carbocycles. The van der Waals surface area contributed by atoms with Crippen molar-refractivity contribution >= 4 is 27.8 Å². The zero-order chi connectivity index (χ0) is 15.9. The zero-order valence-electron chi connectivity index (χ0n) is 12.3. The average Bonchev–Trinajstić information content (AvgIpc) is 2.48. The van der Waals surface area contributed by atoms with E-state index in [1.165, 1.54) is 6.42 Å². The minimum Gasteiger partial charge on any atom is -0.481 e. The van der Waals surface area contributed by atoms with Crippen molar-refractivity contribution in [3.63, 3.8) is 0 Å². The van der Waals surface area contributed by atoms with Crippen molar-refractivity contribution in [2.45, 2.75) is 44.6 Å². The summed E-state index contributed by atoms with van der Waals surface area (Å²) in [4.78, 5) is 23.2. The van der Waals surface area contributed by atoms with Gasteiger partial charge in [-0.25, -0.2) is 0 Å². The molecule has 1 aromatic rings. The summed E-state index contributed by atoms with van der Waals surface area (Å²) in [7, 11) is 0. The molecule has 1 aliphatic rings. The van der Waals surface area contributed by atoms with E-state index < -0.39 is 12.0 Å². The first-order valence-corrected chi connectivity index (χ1v) is 8.28. The normalized spacial score (nSPS) is 15.8. The van der Waals surface area contributed by atoms with Crippen LogP contribution in [0.3, 0.4) is 0 Å². The maximum Gasteiger partial charge on any atom is 0.305 e. The number of halogens is 1. The largest absolute Gasteiger partial charge is 0.481 e. The number of nitrogens with one attached hydrogen (secondary N) is 1. The van der Waals surface area contributed by atoms with Crippen LogP contribution in [0.4, 0.5) is 0 Å². The highest BCUT2D eigenvalue weighted by molar-refractivity contribution is 9.10. The van der Waals surface area contributed by atoms with Gasteiger partial charge in [-0.1, -0.05) is 39.7 Å². The van der Waals surface area contributed by atoms with E-state index in [4.69, 9.17) is 5.11 Å². The van der Waals surface area contributed by atoms with Crippen molar-refractivity contribution in [1.29, 1.82) is 0 Å². The summed E-state index contributed by atoms with van der Waals surface area (Å²) in [5.41, 5.74) is 1.96. The minimum absolute atomic E-state index is 0.109. The Morgan fingerprint density at radius 3 is 2.55 bits per heavy atom. The number of rotatable bonds is 6. The molecule has 22 heavy (non-hydrogen) atoms. The highest BCUT2D eigenvalue weighted by Gasteiger charge is 2.19. The predicted octanol–water partition coefficient (Wildman–Crippen LogP) is 3.97. The molecule has 0 heterocycles. The van der Waals surface area contributed by atoms with Gasteiger partial charge in [-0.3, -0.25) is 9.59 Å². The average molecular weight is 366 g/mol. The number of hydrogen-bond acceptors (Lipinski definition) is 2. The Kier molecular flexibility index (Phi) is 6.19. The molecule has 1 aromatic carbocycles. The number of hydrogen-bond donors (Lipinski definition) is 2. The Bertz CT molecular complexity index is 566. The SMILES string of the molecule is O=C(O)CC(NC(=O)CC1=CCCCC1)c1ccc(Br)cc1. The smallest absolute Gasteiger partial charge is 0.305 e. The fourth-order valence-electron chi connectivity index (χ4n) is 2.64. The Morgan fingerprint density at radius 2 is 1.95 bits per heavy atom. The summed E-state index contributed by atoms with van der Waals surface area (Å²) in [6.45, 7) is 0. The van der Waals surface area contributed by atoms with Crippen LogP contribution in [0.5, 0.6) is 0 Å². The van der Waals surface area contributed by atoms with Crippen LogP contribution < -0.4 is 5.32 Å². The van der Waals surface area contributed by atoms with Crippen molar-refractivity contribution in [2.75, 3.05) is 0 Å². The molecule has 4 nitrogen and oxygen atoms in total. The Labute approximate surface area is 138 Å². The summed E-state index contributed by atoms with van der Waals surface area (Å²) in [5.74, 6) is -1.03. The van der Waals surface area contributed by atoms with Crippen LogP contribution in [0.2, 0.25) is 0 Å². The van der Waals surface area contributed by atoms with Crippen molar-refractivity contribution in [3.05, 3.63) is 46.0 Å². The molecule has 0 radical (unpaired) electrons. The number of carboxylic acids is 1. The molecule has 5 heteroatoms. The number of carbonyl (C=O) groups is 2. The van der Waals surface area contributed by atoms with Crippen molar-refractivity contribution in [3.8, 4) is 0 Å². The molecule has 2 rings (SSSR count). The van der Waals surface area contributed by atoms with Crippen molar-refractivity contribution < 1.29 is 14.7 Å². The third-order valence-electron chi connectivity index (χ3n) is 3.76. The van der Waals surface area contributed by atoms with Gasteiger partial charge in [0.2, 0.25) is 5.91 Å². The van der Waals surface area contributed by atoms with Crippen LogP contribution >= 0.6 is 15.9 Å². The zero-order valence-corrected chi connectivity index (χ0v) is 13.9. The first-order valence-electron chi connectivity index (χ1n) is 7.49. The first kappa shape index (κ1) is 16.7. The van der Waals surface area contributed by atoms with Crippen LogP contribution in [0.15, 0.2) is 40.4 Å². The first-order chi connectivity index (χ1) is 10.5. The van der Waals surface area contributed by atoms with E-state index in [1.54, 1.807) is 0 Å². The van der Waals surface area contributed by atoms with E-state index in [0.29, 0.717) is 6.42 Å². The second-order valence-electron chi connectivity index (χ2n) is 5.55. The van der Waals surface area contributed by atoms with Crippen LogP contribution in [0, 0.1) is 0 Å². The Morgan fingerprint density at radius 1 is 1.23 bits per heavy atom. The maximum atomic E-state index is 12.2. The van der Waals surface area contributed by atoms with Gasteiger partial charge < -0.3 is 10.4 Å². The highest BCUT2D eigenvalue weighted by Crippen LogP contribution is 2.22. The second-order valence-corrected chi connectivity index (χ2v) is 6.47. The van der Waals surface area contributed by atoms with Gasteiger partial charge in [0.05, 0.1) is 12.5 Å². The third kappa shape index (κ3) is 5.30. The molecule has 1 amide bonds. The fraction of sp³-hybridized carbons (Fsp3) is 0.412. The Hall–Kier alpha value is -1.62. The summed E-state index contributed by atoms with van der Waals surface area (Å²) < 4.78 is 0.920. The molecular formula is C17H20BrNO3. The van der Waals surface area contributed by atoms with Gasteiger partial charge in [-0.2, -0.15) is 0 Å². The molecule has 0 aromatic heterocycles. The fourth-order valence-corrected chi connectivity index (χ4v) is 2.90. The van der Waals surface area contributed by atoms with Crippen molar-refractivity contribution in [2.24, 2.45) is 0 Å². The topological polar surface area (TPSA) is 66.4 Å². The van der Waals surface area contributed by atoms with Gasteiger partial charge >= 0.3 is 5.97 Å². The van der Waals surface area contributed by atoms with Gasteiger partial charge in [-0.05, 0) is 43.4 Å². The Balaban J connectivity index is 2.02. The predicted molar refractivity (Wildman–Crippen MR) is 88.4 cm³/mol. The lowest BCUT2D eigenvalue weighted by Gasteiger charge is -2.19. The van der Waals surface area contributed by atoms with E-state index in [2.05, 4.69) is 27.3 Å². The molecule has 0 spiro atoms. The van der Waals surface area contributed by atoms with Gasteiger partial charge in [0.25, 0.3) is 0 Å². The van der Waals surface area contributed by atoms with E-state index in [9.17, 15) is 9.59 Å². The van der Waals surface area contributed by atoms with Gasteiger partial charge in [0.15, 0.2) is 0 Å². The summed E-state index contributed by atoms with van der Waals surface area (Å²) in [6.07, 6.45) is 6.70. The summed E-state index contributed by atoms with van der Waals surface area (Å²) in [5, 5.41) is 11.9. The van der Waals surface area contributed by atoms with Crippen molar-refractivity contribution in [1.82, 2.24) is 5.32 Å². The number of benzene rings is 1. The van der Waals surface area contributed by atoms with Gasteiger partial charge in [0, 0.05) is 10.9 Å². The molecule has 1 aliphatic carbocycles. The number of carboxylic acid groups (broad SMARTS) is 1. The van der Waals surface area contributed by atoms with Crippen LogP contribution in [0.1, 0.15) is 50.1 Å². The lowest BCUT2D eigenvalue weighted by atomic mass is 9.96. The molecule has 0 aliphatic heterocycles. The van der Waals surface area contributed by atoms with E-state index in [-0.39, 0.29) is 12.3 Å². The molecule has 0 bridgehead atoms. The highest BCUT2D eigenvalue weighted by atomic mass is 79.9.